The van der Waals surface area contributed by atoms with E-state index < -0.39 is 11.6 Å². The molecule has 1 saturated carbocycles. The fourth-order valence-corrected chi connectivity index (χ4v) is 3.69. The van der Waals surface area contributed by atoms with Gasteiger partial charge in [-0.2, -0.15) is 0 Å². The second kappa shape index (κ2) is 5.51. The van der Waals surface area contributed by atoms with Crippen molar-refractivity contribution in [1.29, 1.82) is 0 Å². The highest BCUT2D eigenvalue weighted by atomic mass is 16.2. The lowest BCUT2D eigenvalue weighted by molar-refractivity contribution is -0.157. The molecule has 21 heavy (non-hydrogen) atoms. The number of benzene rings is 1. The first kappa shape index (κ1) is 14.1. The van der Waals surface area contributed by atoms with E-state index in [1.54, 1.807) is 0 Å². The number of amides is 2. The number of carbonyl (C=O) groups is 2. The van der Waals surface area contributed by atoms with Crippen LogP contribution in [0.4, 0.5) is 0 Å². The number of rotatable bonds is 3. The van der Waals surface area contributed by atoms with E-state index in [2.05, 4.69) is 12.2 Å². The van der Waals surface area contributed by atoms with Crippen LogP contribution >= 0.6 is 0 Å². The minimum absolute atomic E-state index is 0.0295. The van der Waals surface area contributed by atoms with Gasteiger partial charge in [0, 0.05) is 6.54 Å². The van der Waals surface area contributed by atoms with Crippen molar-refractivity contribution in [1.82, 2.24) is 10.2 Å². The second-order valence-corrected chi connectivity index (χ2v) is 6.05. The molecular formula is C17H22N2O2. The molecule has 1 atom stereocenters. The molecule has 1 spiro atoms. The van der Waals surface area contributed by atoms with Crippen LogP contribution in [0.25, 0.3) is 0 Å². The topological polar surface area (TPSA) is 49.4 Å². The molecule has 0 radical (unpaired) electrons. The highest BCUT2D eigenvalue weighted by Gasteiger charge is 2.53. The van der Waals surface area contributed by atoms with Crippen molar-refractivity contribution in [3.05, 3.63) is 35.9 Å². The van der Waals surface area contributed by atoms with E-state index in [9.17, 15) is 9.59 Å². The summed E-state index contributed by atoms with van der Waals surface area (Å²) < 4.78 is 0. The van der Waals surface area contributed by atoms with Crippen LogP contribution in [-0.4, -0.2) is 28.8 Å². The van der Waals surface area contributed by atoms with Crippen molar-refractivity contribution in [3.8, 4) is 0 Å². The molecule has 4 heteroatoms. The van der Waals surface area contributed by atoms with Crippen molar-refractivity contribution in [2.24, 2.45) is 0 Å². The molecule has 1 aliphatic carbocycles. The van der Waals surface area contributed by atoms with Crippen LogP contribution in [0.2, 0.25) is 0 Å². The summed E-state index contributed by atoms with van der Waals surface area (Å²) in [6.07, 6.45) is 4.52. The molecule has 1 aromatic carbocycles. The molecule has 112 valence electrons. The number of hydrogen-bond donors (Lipinski definition) is 1. The fraction of sp³-hybridized carbons (Fsp3) is 0.529. The summed E-state index contributed by atoms with van der Waals surface area (Å²) in [7, 11) is 0. The van der Waals surface area contributed by atoms with Gasteiger partial charge in [0.2, 0.25) is 5.91 Å². The van der Waals surface area contributed by atoms with Crippen molar-refractivity contribution in [2.45, 2.75) is 50.6 Å². The van der Waals surface area contributed by atoms with Crippen LogP contribution < -0.4 is 5.32 Å². The Morgan fingerprint density at radius 2 is 1.86 bits per heavy atom. The molecule has 1 heterocycles. The van der Waals surface area contributed by atoms with Gasteiger partial charge in [0.15, 0.2) is 0 Å². The second-order valence-electron chi connectivity index (χ2n) is 6.05. The standard InChI is InChI=1S/C17H22N2O2/c1-2-12-19-15(20)14(13-8-4-3-5-9-13)18-16(21)17(19)10-6-7-11-17/h3-5,8-9,14H,2,6-7,10-12H2,1H3,(H,18,21). The van der Waals surface area contributed by atoms with Gasteiger partial charge in [0.25, 0.3) is 5.91 Å². The molecule has 1 aliphatic heterocycles. The third-order valence-electron chi connectivity index (χ3n) is 4.74. The zero-order valence-electron chi connectivity index (χ0n) is 12.5. The van der Waals surface area contributed by atoms with Gasteiger partial charge in [-0.3, -0.25) is 9.59 Å². The monoisotopic (exact) mass is 286 g/mol. The Hall–Kier alpha value is -1.84. The molecule has 1 N–H and O–H groups in total. The SMILES string of the molecule is CCCN1C(=O)C(c2ccccc2)NC(=O)C12CCCC2. The number of carbonyl (C=O) groups excluding carboxylic acids is 2. The molecule has 1 aromatic rings. The van der Waals surface area contributed by atoms with Gasteiger partial charge in [-0.15, -0.1) is 0 Å². The lowest BCUT2D eigenvalue weighted by atomic mass is 9.87. The normalized spacial score (nSPS) is 24.4. The van der Waals surface area contributed by atoms with Crippen molar-refractivity contribution >= 4 is 11.8 Å². The van der Waals surface area contributed by atoms with Crippen LogP contribution in [0.1, 0.15) is 50.6 Å². The third kappa shape index (κ3) is 2.23. The van der Waals surface area contributed by atoms with Gasteiger partial charge in [-0.05, 0) is 24.8 Å². The van der Waals surface area contributed by atoms with Gasteiger partial charge in [-0.25, -0.2) is 0 Å². The first-order valence-electron chi connectivity index (χ1n) is 7.86. The molecular weight excluding hydrogens is 264 g/mol. The van der Waals surface area contributed by atoms with Crippen LogP contribution in [0.15, 0.2) is 30.3 Å². The van der Waals surface area contributed by atoms with Gasteiger partial charge < -0.3 is 10.2 Å². The summed E-state index contributed by atoms with van der Waals surface area (Å²) in [5, 5.41) is 2.97. The molecule has 2 amide bonds. The van der Waals surface area contributed by atoms with Crippen LogP contribution in [0.5, 0.6) is 0 Å². The number of nitrogens with zero attached hydrogens (tertiary/aromatic N) is 1. The largest absolute Gasteiger partial charge is 0.338 e. The minimum atomic E-state index is -0.585. The van der Waals surface area contributed by atoms with Gasteiger partial charge >= 0.3 is 0 Å². The van der Waals surface area contributed by atoms with Crippen LogP contribution in [0, 0.1) is 0 Å². The summed E-state index contributed by atoms with van der Waals surface area (Å²) in [4.78, 5) is 27.5. The lowest BCUT2D eigenvalue weighted by Crippen LogP contribution is -2.67. The fourth-order valence-electron chi connectivity index (χ4n) is 3.69. The number of hydrogen-bond acceptors (Lipinski definition) is 2. The Bertz CT molecular complexity index is 535. The molecule has 4 nitrogen and oxygen atoms in total. The van der Waals surface area contributed by atoms with Crippen molar-refractivity contribution < 1.29 is 9.59 Å². The zero-order chi connectivity index (χ0) is 14.9. The molecule has 2 fully saturated rings. The maximum Gasteiger partial charge on any atom is 0.250 e. The van der Waals surface area contributed by atoms with E-state index in [4.69, 9.17) is 0 Å². The van der Waals surface area contributed by atoms with E-state index >= 15 is 0 Å². The Kier molecular flexibility index (Phi) is 3.70. The first-order valence-corrected chi connectivity index (χ1v) is 7.86. The highest BCUT2D eigenvalue weighted by molar-refractivity contribution is 6.00. The Morgan fingerprint density at radius 1 is 1.19 bits per heavy atom. The average molecular weight is 286 g/mol. The molecule has 1 saturated heterocycles. The molecule has 2 aliphatic rings. The van der Waals surface area contributed by atoms with Crippen LogP contribution in [0.3, 0.4) is 0 Å². The van der Waals surface area contributed by atoms with Crippen molar-refractivity contribution in [2.75, 3.05) is 6.54 Å². The third-order valence-corrected chi connectivity index (χ3v) is 4.74. The Labute approximate surface area is 125 Å². The summed E-state index contributed by atoms with van der Waals surface area (Å²) in [5.41, 5.74) is 0.281. The summed E-state index contributed by atoms with van der Waals surface area (Å²) in [6, 6.07) is 8.99. The van der Waals surface area contributed by atoms with Crippen LogP contribution in [-0.2, 0) is 9.59 Å². The predicted molar refractivity (Wildman–Crippen MR) is 80.5 cm³/mol. The minimum Gasteiger partial charge on any atom is -0.338 e. The quantitative estimate of drug-likeness (QED) is 0.927. The Morgan fingerprint density at radius 3 is 2.48 bits per heavy atom. The average Bonchev–Trinajstić information content (AvgIpc) is 2.99. The summed E-state index contributed by atoms with van der Waals surface area (Å²) in [6.45, 7) is 2.72. The van der Waals surface area contributed by atoms with E-state index in [1.807, 2.05) is 35.2 Å². The van der Waals surface area contributed by atoms with Gasteiger partial charge in [0.1, 0.15) is 11.6 Å². The molecule has 1 unspecified atom stereocenters. The molecule has 0 aromatic heterocycles. The summed E-state index contributed by atoms with van der Waals surface area (Å²) in [5.74, 6) is 0.0754. The van der Waals surface area contributed by atoms with Gasteiger partial charge in [-0.1, -0.05) is 50.1 Å². The smallest absolute Gasteiger partial charge is 0.250 e. The Balaban J connectivity index is 1.95. The van der Waals surface area contributed by atoms with E-state index in [-0.39, 0.29) is 11.8 Å². The van der Waals surface area contributed by atoms with E-state index in [0.717, 1.165) is 37.7 Å². The predicted octanol–water partition coefficient (Wildman–Crippen LogP) is 2.41. The maximum absolute atomic E-state index is 12.9. The summed E-state index contributed by atoms with van der Waals surface area (Å²) >= 11 is 0. The molecule has 0 bridgehead atoms. The zero-order valence-corrected chi connectivity index (χ0v) is 12.5. The highest BCUT2D eigenvalue weighted by Crippen LogP contribution is 2.40. The van der Waals surface area contributed by atoms with Crippen molar-refractivity contribution in [3.63, 3.8) is 0 Å². The number of piperazine rings is 1. The molecule has 3 rings (SSSR count). The van der Waals surface area contributed by atoms with E-state index in [0.29, 0.717) is 6.54 Å². The van der Waals surface area contributed by atoms with Gasteiger partial charge in [0.05, 0.1) is 0 Å². The van der Waals surface area contributed by atoms with E-state index in [1.165, 1.54) is 0 Å². The maximum atomic E-state index is 12.9. The first-order chi connectivity index (χ1) is 10.2. The number of nitrogens with one attached hydrogen (secondary N) is 1. The lowest BCUT2D eigenvalue weighted by Gasteiger charge is -2.46.